The van der Waals surface area contributed by atoms with Crippen molar-refractivity contribution in [2.24, 2.45) is 5.73 Å². The maximum absolute atomic E-state index is 13.4. The van der Waals surface area contributed by atoms with Crippen LogP contribution in [-0.4, -0.2) is 149 Å². The van der Waals surface area contributed by atoms with Crippen molar-refractivity contribution in [2.75, 3.05) is 88.2 Å². The van der Waals surface area contributed by atoms with E-state index in [0.29, 0.717) is 80.7 Å². The summed E-state index contributed by atoms with van der Waals surface area (Å²) in [6.07, 6.45) is -0.530. The standard InChI is InChI=1S/C21H25F2N5O4S.C19H25N5O3S/c1-26-9-11-27(12-10-26)33(31,32)28(18-5-3-2-4-6-18)15-17-8-7-16(13-24-17)19(29)14-25-21(30)20(22)23;1-22-9-11-23(12-10-22)28(26,27)24(18-5-3-2-4-6-18)15-17-8-7-16(14-21-17)19(25)13-20/h2-8,13,20H,9-12,14-15H2,1H3,(H,25,30);2-8,14H,9-13,15,20H2,1H3. The molecule has 6 rings (SSSR count). The van der Waals surface area contributed by atoms with Gasteiger partial charge in [-0.05, 0) is 62.6 Å². The summed E-state index contributed by atoms with van der Waals surface area (Å²) in [6.45, 7) is 3.60. The number of aromatic nitrogens is 2. The van der Waals surface area contributed by atoms with Crippen LogP contribution in [0.2, 0.25) is 0 Å². The van der Waals surface area contributed by atoms with Crippen molar-refractivity contribution in [2.45, 2.75) is 19.5 Å². The Morgan fingerprint density at radius 3 is 1.38 bits per heavy atom. The minimum atomic E-state index is -3.84. The monoisotopic (exact) mass is 884 g/mol. The molecule has 1 amide bonds. The third-order valence-corrected chi connectivity index (χ3v) is 13.8. The molecule has 2 aromatic heterocycles. The fourth-order valence-corrected chi connectivity index (χ4v) is 9.42. The van der Waals surface area contributed by atoms with Gasteiger partial charge in [-0.2, -0.15) is 34.2 Å². The molecule has 3 N–H and O–H groups in total. The van der Waals surface area contributed by atoms with Crippen LogP contribution in [0.5, 0.6) is 0 Å². The zero-order chi connectivity index (χ0) is 44.2. The molecule has 2 saturated heterocycles. The van der Waals surface area contributed by atoms with Crippen molar-refractivity contribution in [3.05, 3.63) is 120 Å². The number of anilines is 2. The molecule has 0 spiro atoms. The number of nitrogens with two attached hydrogens (primary N) is 1. The highest BCUT2D eigenvalue weighted by Gasteiger charge is 2.34. The van der Waals surface area contributed by atoms with Crippen LogP contribution in [0, 0.1) is 0 Å². The van der Waals surface area contributed by atoms with E-state index in [0.717, 1.165) is 0 Å². The number of ketones is 2. The summed E-state index contributed by atoms with van der Waals surface area (Å²) in [5.74, 6) is -2.32. The SMILES string of the molecule is CN1CCN(S(=O)(=O)N(Cc2ccc(C(=O)CN)cn2)c2ccccc2)CC1.CN1CCN(S(=O)(=O)N(Cc2ccc(C(=O)CNC(=O)C(F)F)cn2)c2ccccc2)CC1. The second-order valence-corrected chi connectivity index (χ2v) is 18.0. The number of carbonyl (C=O) groups excluding carboxylic acids is 3. The maximum Gasteiger partial charge on any atom is 0.315 e. The number of nitrogens with zero attached hydrogens (tertiary/aromatic N) is 8. The van der Waals surface area contributed by atoms with Gasteiger partial charge in [-0.3, -0.25) is 33.0 Å². The highest BCUT2D eigenvalue weighted by atomic mass is 32.2. The van der Waals surface area contributed by atoms with Gasteiger partial charge in [-0.1, -0.05) is 36.4 Å². The lowest BCUT2D eigenvalue weighted by atomic mass is 10.1. The average molecular weight is 885 g/mol. The molecule has 2 aliphatic rings. The molecule has 0 unspecified atom stereocenters. The van der Waals surface area contributed by atoms with Gasteiger partial charge in [0.2, 0.25) is 0 Å². The second-order valence-electron chi connectivity index (χ2n) is 14.2. The molecular formula is C40H50F2N10O7S2. The summed E-state index contributed by atoms with van der Waals surface area (Å²) < 4.78 is 83.6. The third kappa shape index (κ3) is 12.6. The number of nitrogens with one attached hydrogen (secondary N) is 1. The van der Waals surface area contributed by atoms with Crippen LogP contribution in [0.3, 0.4) is 0 Å². The Morgan fingerprint density at radius 1 is 0.639 bits per heavy atom. The normalized spacial score (nSPS) is 15.7. The van der Waals surface area contributed by atoms with E-state index in [-0.39, 0.29) is 31.0 Å². The summed E-state index contributed by atoms with van der Waals surface area (Å²) >= 11 is 0. The summed E-state index contributed by atoms with van der Waals surface area (Å²) in [4.78, 5) is 47.3. The Balaban J connectivity index is 0.000000234. The van der Waals surface area contributed by atoms with Gasteiger partial charge in [0.1, 0.15) is 0 Å². The van der Waals surface area contributed by atoms with Gasteiger partial charge < -0.3 is 20.9 Å². The van der Waals surface area contributed by atoms with E-state index in [1.807, 2.05) is 25.5 Å². The minimum Gasteiger partial charge on any atom is -0.344 e. The van der Waals surface area contributed by atoms with Crippen molar-refractivity contribution < 1.29 is 40.0 Å². The summed E-state index contributed by atoms with van der Waals surface area (Å²) in [7, 11) is -3.64. The first-order chi connectivity index (χ1) is 29.1. The van der Waals surface area contributed by atoms with E-state index in [4.69, 9.17) is 5.73 Å². The first-order valence-electron chi connectivity index (χ1n) is 19.3. The van der Waals surface area contributed by atoms with E-state index in [2.05, 4.69) is 19.8 Å². The number of rotatable bonds is 16. The summed E-state index contributed by atoms with van der Waals surface area (Å²) in [5, 5.41) is 1.85. The number of hydrogen-bond donors (Lipinski definition) is 2. The van der Waals surface area contributed by atoms with Crippen molar-refractivity contribution in [3.63, 3.8) is 0 Å². The topological polar surface area (TPSA) is 203 Å². The number of piperazine rings is 2. The average Bonchev–Trinajstić information content (AvgIpc) is 3.27. The zero-order valence-corrected chi connectivity index (χ0v) is 35.5. The highest BCUT2D eigenvalue weighted by molar-refractivity contribution is 7.90. The number of alkyl halides is 2. The molecule has 2 aromatic carbocycles. The second kappa shape index (κ2) is 21.5. The molecule has 0 atom stereocenters. The van der Waals surface area contributed by atoms with Gasteiger partial charge in [0.15, 0.2) is 11.6 Å². The van der Waals surface area contributed by atoms with Gasteiger partial charge >= 0.3 is 26.8 Å². The number of amides is 1. The number of para-hydroxylation sites is 2. The van der Waals surface area contributed by atoms with Crippen molar-refractivity contribution in [1.29, 1.82) is 0 Å². The molecule has 17 nitrogen and oxygen atoms in total. The lowest BCUT2D eigenvalue weighted by molar-refractivity contribution is -0.131. The highest BCUT2D eigenvalue weighted by Crippen LogP contribution is 2.25. The van der Waals surface area contributed by atoms with Gasteiger partial charge in [-0.25, -0.2) is 0 Å². The van der Waals surface area contributed by atoms with Crippen LogP contribution in [0.4, 0.5) is 20.2 Å². The molecule has 0 radical (unpaired) electrons. The van der Waals surface area contributed by atoms with Crippen LogP contribution in [-0.2, 0) is 38.3 Å². The largest absolute Gasteiger partial charge is 0.344 e. The zero-order valence-electron chi connectivity index (χ0n) is 33.9. The van der Waals surface area contributed by atoms with E-state index >= 15 is 0 Å². The molecule has 0 bridgehead atoms. The smallest absolute Gasteiger partial charge is 0.315 e. The molecule has 0 aliphatic carbocycles. The fourth-order valence-electron chi connectivity index (χ4n) is 6.24. The van der Waals surface area contributed by atoms with Crippen LogP contribution in [0.25, 0.3) is 0 Å². The number of carbonyl (C=O) groups is 3. The molecule has 4 aromatic rings. The maximum atomic E-state index is 13.4. The Kier molecular flexibility index (Phi) is 16.5. The predicted molar refractivity (Wildman–Crippen MR) is 226 cm³/mol. The first-order valence-corrected chi connectivity index (χ1v) is 22.1. The number of hydrogen-bond acceptors (Lipinski definition) is 12. The third-order valence-electron chi connectivity index (χ3n) is 9.93. The van der Waals surface area contributed by atoms with Crippen LogP contribution < -0.4 is 19.7 Å². The molecular weight excluding hydrogens is 835 g/mol. The van der Waals surface area contributed by atoms with Crippen molar-refractivity contribution in [1.82, 2.24) is 33.7 Å². The Morgan fingerprint density at radius 2 is 1.03 bits per heavy atom. The summed E-state index contributed by atoms with van der Waals surface area (Å²) in [5.41, 5.74) is 7.90. The van der Waals surface area contributed by atoms with Crippen molar-refractivity contribution >= 4 is 49.3 Å². The van der Waals surface area contributed by atoms with Gasteiger partial charge in [0, 0.05) is 75.9 Å². The quantitative estimate of drug-likeness (QED) is 0.155. The van der Waals surface area contributed by atoms with Gasteiger partial charge in [-0.15, -0.1) is 0 Å². The van der Waals surface area contributed by atoms with E-state index in [1.165, 1.54) is 41.7 Å². The molecule has 61 heavy (non-hydrogen) atoms. The Labute approximate surface area is 355 Å². The number of benzene rings is 2. The van der Waals surface area contributed by atoms with Crippen LogP contribution in [0.1, 0.15) is 32.1 Å². The lowest BCUT2D eigenvalue weighted by Crippen LogP contribution is -2.52. The van der Waals surface area contributed by atoms with E-state index in [9.17, 15) is 40.0 Å². The van der Waals surface area contributed by atoms with E-state index in [1.54, 1.807) is 66.7 Å². The Hall–Kier alpha value is -5.29. The molecule has 2 fully saturated rings. The minimum absolute atomic E-state index is 0.0602. The Bertz CT molecular complexity index is 2280. The van der Waals surface area contributed by atoms with Crippen LogP contribution in [0.15, 0.2) is 97.3 Å². The molecule has 328 valence electrons. The lowest BCUT2D eigenvalue weighted by Gasteiger charge is -2.36. The number of likely N-dealkylation sites (N-methyl/N-ethyl adjacent to an activating group) is 2. The molecule has 2 aliphatic heterocycles. The first kappa shape index (κ1) is 46.8. The molecule has 0 saturated carbocycles. The predicted octanol–water partition coefficient (Wildman–Crippen LogP) is 1.87. The van der Waals surface area contributed by atoms with Gasteiger partial charge in [0.25, 0.3) is 5.91 Å². The van der Waals surface area contributed by atoms with Crippen LogP contribution >= 0.6 is 0 Å². The number of Topliss-reactive ketones (excluding diaryl/α,β-unsaturated/α-hetero) is 2. The van der Waals surface area contributed by atoms with E-state index < -0.39 is 45.1 Å². The molecule has 21 heteroatoms. The van der Waals surface area contributed by atoms with Crippen molar-refractivity contribution in [3.8, 4) is 0 Å². The number of pyridine rings is 2. The molecule has 4 heterocycles. The van der Waals surface area contributed by atoms with Gasteiger partial charge in [0.05, 0.1) is 48.9 Å². The fraction of sp³-hybridized carbons (Fsp3) is 0.375. The number of halogens is 2. The summed E-state index contributed by atoms with van der Waals surface area (Å²) in [6, 6.07) is 23.8.